The minimum absolute atomic E-state index is 0.0842. The first-order valence-corrected chi connectivity index (χ1v) is 8.87. The lowest BCUT2D eigenvalue weighted by molar-refractivity contribution is -0.274. The van der Waals surface area contributed by atoms with Gasteiger partial charge in [-0.15, -0.1) is 13.2 Å². The van der Waals surface area contributed by atoms with Crippen LogP contribution in [0, 0.1) is 0 Å². The Kier molecular flexibility index (Phi) is 4.97. The third-order valence-corrected chi connectivity index (χ3v) is 4.55. The van der Waals surface area contributed by atoms with Crippen LogP contribution in [0.4, 0.5) is 18.9 Å². The summed E-state index contributed by atoms with van der Waals surface area (Å²) in [5.74, 6) is -2.95. The SMILES string of the molecule is O=C(C1=C(O)C(=O)N(c2ccc(OC(F)(F)F)cc2)C1c1cccnc1)c1ccco1. The van der Waals surface area contributed by atoms with E-state index in [1.165, 1.54) is 42.9 Å². The molecule has 4 rings (SSSR count). The highest BCUT2D eigenvalue weighted by atomic mass is 19.4. The third-order valence-electron chi connectivity index (χ3n) is 4.55. The van der Waals surface area contributed by atoms with E-state index in [9.17, 15) is 27.9 Å². The Morgan fingerprint density at radius 1 is 1.13 bits per heavy atom. The van der Waals surface area contributed by atoms with Crippen LogP contribution >= 0.6 is 0 Å². The van der Waals surface area contributed by atoms with Gasteiger partial charge in [0.25, 0.3) is 5.91 Å². The highest BCUT2D eigenvalue weighted by Crippen LogP contribution is 2.42. The highest BCUT2D eigenvalue weighted by Gasteiger charge is 2.45. The minimum Gasteiger partial charge on any atom is -0.503 e. The molecule has 1 N–H and O–H groups in total. The number of aliphatic hydroxyl groups excluding tert-OH is 1. The number of ketones is 1. The number of rotatable bonds is 5. The number of hydrogen-bond acceptors (Lipinski definition) is 6. The van der Waals surface area contributed by atoms with Crippen molar-refractivity contribution in [1.82, 2.24) is 4.98 Å². The van der Waals surface area contributed by atoms with Crippen LogP contribution in [-0.4, -0.2) is 28.1 Å². The maximum absolute atomic E-state index is 13.0. The van der Waals surface area contributed by atoms with Gasteiger partial charge in [-0.05, 0) is 48.0 Å². The Labute approximate surface area is 173 Å². The second-order valence-corrected chi connectivity index (χ2v) is 6.47. The number of alkyl halides is 3. The summed E-state index contributed by atoms with van der Waals surface area (Å²) in [4.78, 5) is 31.0. The van der Waals surface area contributed by atoms with E-state index in [1.54, 1.807) is 12.1 Å². The van der Waals surface area contributed by atoms with E-state index in [0.29, 0.717) is 5.56 Å². The number of nitrogens with zero attached hydrogens (tertiary/aromatic N) is 2. The summed E-state index contributed by atoms with van der Waals surface area (Å²) in [6.45, 7) is 0. The van der Waals surface area contributed by atoms with Crippen molar-refractivity contribution in [3.8, 4) is 5.75 Å². The van der Waals surface area contributed by atoms with E-state index >= 15 is 0 Å². The van der Waals surface area contributed by atoms with Crippen LogP contribution in [0.3, 0.4) is 0 Å². The number of aromatic nitrogens is 1. The first-order chi connectivity index (χ1) is 14.8. The lowest BCUT2D eigenvalue weighted by Gasteiger charge is -2.26. The topological polar surface area (TPSA) is 92.9 Å². The average Bonchev–Trinajstić information content (AvgIpc) is 3.36. The van der Waals surface area contributed by atoms with Crippen LogP contribution in [-0.2, 0) is 4.79 Å². The molecule has 0 aliphatic carbocycles. The number of pyridine rings is 1. The number of benzene rings is 1. The molecule has 0 saturated heterocycles. The molecule has 0 fully saturated rings. The van der Waals surface area contributed by atoms with Crippen molar-refractivity contribution in [2.24, 2.45) is 0 Å². The summed E-state index contributed by atoms with van der Waals surface area (Å²) in [6.07, 6.45) is -0.685. The van der Waals surface area contributed by atoms with Gasteiger partial charge in [-0.1, -0.05) is 6.07 Å². The second-order valence-electron chi connectivity index (χ2n) is 6.47. The summed E-state index contributed by atoms with van der Waals surface area (Å²) in [5, 5.41) is 10.5. The lowest BCUT2D eigenvalue weighted by atomic mass is 9.96. The lowest BCUT2D eigenvalue weighted by Crippen LogP contribution is -2.31. The van der Waals surface area contributed by atoms with Crippen molar-refractivity contribution >= 4 is 17.4 Å². The van der Waals surface area contributed by atoms with Crippen molar-refractivity contribution in [2.45, 2.75) is 12.4 Å². The molecule has 1 unspecified atom stereocenters. The number of carbonyl (C=O) groups excluding carboxylic acids is 2. The molecule has 0 bridgehead atoms. The number of ether oxygens (including phenoxy) is 1. The van der Waals surface area contributed by atoms with Gasteiger partial charge in [-0.2, -0.15) is 0 Å². The van der Waals surface area contributed by atoms with Crippen LogP contribution in [0.2, 0.25) is 0 Å². The normalized spacial score (nSPS) is 16.7. The number of amides is 1. The zero-order valence-electron chi connectivity index (χ0n) is 15.5. The summed E-state index contributed by atoms with van der Waals surface area (Å²) in [6, 6.07) is 9.48. The molecule has 1 aliphatic rings. The largest absolute Gasteiger partial charge is 0.573 e. The third kappa shape index (κ3) is 3.87. The maximum atomic E-state index is 13.0. The van der Waals surface area contributed by atoms with Crippen LogP contribution in [0.5, 0.6) is 5.75 Å². The van der Waals surface area contributed by atoms with E-state index in [4.69, 9.17) is 4.42 Å². The van der Waals surface area contributed by atoms with Gasteiger partial charge in [0, 0.05) is 18.1 Å². The molecule has 1 aromatic carbocycles. The number of Topliss-reactive ketones (excluding diaryl/α,β-unsaturated/α-hetero) is 1. The van der Waals surface area contributed by atoms with Gasteiger partial charge in [0.2, 0.25) is 5.78 Å². The van der Waals surface area contributed by atoms with Crippen molar-refractivity contribution in [2.75, 3.05) is 4.90 Å². The number of hydrogen-bond donors (Lipinski definition) is 1. The quantitative estimate of drug-likeness (QED) is 0.605. The van der Waals surface area contributed by atoms with E-state index in [-0.39, 0.29) is 17.0 Å². The Morgan fingerprint density at radius 2 is 1.87 bits per heavy atom. The van der Waals surface area contributed by atoms with E-state index in [1.807, 2.05) is 0 Å². The summed E-state index contributed by atoms with van der Waals surface area (Å²) >= 11 is 0. The number of furan rings is 1. The summed E-state index contributed by atoms with van der Waals surface area (Å²) in [5.41, 5.74) is 0.316. The molecule has 0 radical (unpaired) electrons. The van der Waals surface area contributed by atoms with Crippen LogP contribution in [0.1, 0.15) is 22.2 Å². The van der Waals surface area contributed by atoms with E-state index < -0.39 is 35.6 Å². The van der Waals surface area contributed by atoms with Crippen molar-refractivity contribution in [3.05, 3.63) is 89.8 Å². The standard InChI is InChI=1S/C21H13F3N2O5/c22-21(23,24)31-14-7-5-13(6-8-14)26-17(12-3-1-9-25-11-12)16(19(28)20(26)29)18(27)15-4-2-10-30-15/h1-11,17,28H. The molecule has 3 heterocycles. The summed E-state index contributed by atoms with van der Waals surface area (Å²) < 4.78 is 46.3. The van der Waals surface area contributed by atoms with Gasteiger partial charge in [-0.3, -0.25) is 19.5 Å². The van der Waals surface area contributed by atoms with Crippen LogP contribution in [0.25, 0.3) is 0 Å². The zero-order chi connectivity index (χ0) is 22.2. The first-order valence-electron chi connectivity index (χ1n) is 8.87. The van der Waals surface area contributed by atoms with Gasteiger partial charge >= 0.3 is 6.36 Å². The van der Waals surface area contributed by atoms with Gasteiger partial charge < -0.3 is 14.3 Å². The molecule has 0 spiro atoms. The maximum Gasteiger partial charge on any atom is 0.573 e. The molecule has 7 nitrogen and oxygen atoms in total. The van der Waals surface area contributed by atoms with Crippen LogP contribution < -0.4 is 9.64 Å². The van der Waals surface area contributed by atoms with Crippen LogP contribution in [0.15, 0.2) is 82.9 Å². The van der Waals surface area contributed by atoms with Gasteiger partial charge in [0.1, 0.15) is 5.75 Å². The van der Waals surface area contributed by atoms with Crippen molar-refractivity contribution in [1.29, 1.82) is 0 Å². The Hall–Kier alpha value is -4.08. The zero-order valence-corrected chi connectivity index (χ0v) is 15.5. The van der Waals surface area contributed by atoms with E-state index in [0.717, 1.165) is 17.0 Å². The predicted octanol–water partition coefficient (Wildman–Crippen LogP) is 4.36. The van der Waals surface area contributed by atoms with Gasteiger partial charge in [0.15, 0.2) is 11.5 Å². The van der Waals surface area contributed by atoms with Gasteiger partial charge in [0.05, 0.1) is 17.9 Å². The molecular weight excluding hydrogens is 417 g/mol. The molecule has 1 aliphatic heterocycles. The smallest absolute Gasteiger partial charge is 0.503 e. The Morgan fingerprint density at radius 3 is 2.45 bits per heavy atom. The first kappa shape index (κ1) is 20.2. The monoisotopic (exact) mass is 430 g/mol. The Bertz CT molecular complexity index is 1140. The molecule has 1 amide bonds. The number of halogens is 3. The minimum atomic E-state index is -4.87. The van der Waals surface area contributed by atoms with Gasteiger partial charge in [-0.25, -0.2) is 0 Å². The molecule has 3 aromatic rings. The van der Waals surface area contributed by atoms with Crippen molar-refractivity contribution in [3.63, 3.8) is 0 Å². The average molecular weight is 430 g/mol. The number of carbonyl (C=O) groups is 2. The predicted molar refractivity (Wildman–Crippen MR) is 100 cm³/mol. The number of aliphatic hydroxyl groups is 1. The summed E-state index contributed by atoms with van der Waals surface area (Å²) in [7, 11) is 0. The molecule has 0 saturated carbocycles. The molecule has 158 valence electrons. The molecule has 31 heavy (non-hydrogen) atoms. The molecule has 1 atom stereocenters. The molecule has 2 aromatic heterocycles. The fourth-order valence-electron chi connectivity index (χ4n) is 3.31. The number of anilines is 1. The highest BCUT2D eigenvalue weighted by molar-refractivity contribution is 6.20. The van der Waals surface area contributed by atoms with E-state index in [2.05, 4.69) is 9.72 Å². The molecular formula is C21H13F3N2O5. The van der Waals surface area contributed by atoms with Crippen molar-refractivity contribution < 1.29 is 37.0 Å². The Balaban J connectivity index is 1.77. The fourth-order valence-corrected chi connectivity index (χ4v) is 3.31. The molecule has 10 heteroatoms. The fraction of sp³-hybridized carbons (Fsp3) is 0.0952. The second kappa shape index (κ2) is 7.63.